The van der Waals surface area contributed by atoms with Crippen LogP contribution in [0.1, 0.15) is 5.56 Å². The number of hydrogen-bond acceptors (Lipinski definition) is 4. The van der Waals surface area contributed by atoms with Crippen LogP contribution in [0.4, 0.5) is 5.82 Å². The lowest BCUT2D eigenvalue weighted by Crippen LogP contribution is -2.10. The largest absolute Gasteiger partial charge is 0.401 e. The molecule has 0 aliphatic heterocycles. The number of anilines is 1. The molecule has 0 unspecified atom stereocenters. The molecule has 0 aliphatic carbocycles. The highest BCUT2D eigenvalue weighted by molar-refractivity contribution is 5.62. The van der Waals surface area contributed by atoms with E-state index in [9.17, 15) is 0 Å². The molecule has 0 fully saturated rings. The first kappa shape index (κ1) is 8.61. The third-order valence-corrected chi connectivity index (χ3v) is 1.59. The monoisotopic (exact) mass is 167 g/mol. The summed E-state index contributed by atoms with van der Waals surface area (Å²) in [5, 5.41) is 3.95. The number of nitrogen functional groups attached to an aromatic ring is 1. The van der Waals surface area contributed by atoms with Crippen molar-refractivity contribution in [1.82, 2.24) is 9.78 Å². The van der Waals surface area contributed by atoms with Crippen LogP contribution in [0, 0.1) is 0 Å². The zero-order valence-corrected chi connectivity index (χ0v) is 6.99. The molecule has 0 amide bonds. The molecule has 0 bridgehead atoms. The second-order valence-corrected chi connectivity index (χ2v) is 2.53. The van der Waals surface area contributed by atoms with Gasteiger partial charge in [-0.25, -0.2) is 0 Å². The first-order valence-electron chi connectivity index (χ1n) is 3.58. The molecule has 5 nitrogen and oxygen atoms in total. The lowest BCUT2D eigenvalue weighted by Gasteiger charge is -1.96. The van der Waals surface area contributed by atoms with Gasteiger partial charge in [0.1, 0.15) is 5.82 Å². The fraction of sp³-hybridized carbons (Fsp3) is 0.286. The second kappa shape index (κ2) is 3.27. The Balaban J connectivity index is 2.97. The average Bonchev–Trinajstić information content (AvgIpc) is 2.36. The molecule has 0 atom stereocenters. The van der Waals surface area contributed by atoms with Crippen molar-refractivity contribution >= 4 is 11.9 Å². The van der Waals surface area contributed by atoms with E-state index in [2.05, 4.69) is 5.10 Å². The maximum absolute atomic E-state index is 5.67. The van der Waals surface area contributed by atoms with E-state index in [1.807, 2.05) is 0 Å². The Kier molecular flexibility index (Phi) is 2.35. The van der Waals surface area contributed by atoms with E-state index >= 15 is 0 Å². The molecular formula is C7H13N5. The van der Waals surface area contributed by atoms with E-state index < -0.39 is 0 Å². The highest BCUT2D eigenvalue weighted by atomic mass is 15.3. The summed E-state index contributed by atoms with van der Waals surface area (Å²) in [7, 11) is 1.77. The molecule has 0 saturated heterocycles. The van der Waals surface area contributed by atoms with Crippen molar-refractivity contribution in [2.45, 2.75) is 0 Å². The third-order valence-electron chi connectivity index (χ3n) is 1.59. The molecule has 12 heavy (non-hydrogen) atoms. The van der Waals surface area contributed by atoms with E-state index in [4.69, 9.17) is 17.2 Å². The summed E-state index contributed by atoms with van der Waals surface area (Å²) in [6.07, 6.45) is 3.38. The van der Waals surface area contributed by atoms with Gasteiger partial charge in [-0.1, -0.05) is 0 Å². The maximum Gasteiger partial charge on any atom is 0.128 e. The lowest BCUT2D eigenvalue weighted by molar-refractivity contribution is 0.779. The molecule has 0 saturated carbocycles. The predicted molar refractivity (Wildman–Crippen MR) is 48.8 cm³/mol. The summed E-state index contributed by atoms with van der Waals surface area (Å²) in [6.45, 7) is 0.328. The van der Waals surface area contributed by atoms with E-state index in [1.165, 1.54) is 0 Å². The molecule has 1 rings (SSSR count). The summed E-state index contributed by atoms with van der Waals surface area (Å²) in [5.41, 5.74) is 17.9. The predicted octanol–water partition coefficient (Wildman–Crippen LogP) is -0.739. The van der Waals surface area contributed by atoms with Crippen LogP contribution in [0.3, 0.4) is 0 Å². The molecule has 1 aromatic rings. The van der Waals surface area contributed by atoms with Gasteiger partial charge >= 0.3 is 0 Å². The van der Waals surface area contributed by atoms with E-state index in [0.29, 0.717) is 18.1 Å². The van der Waals surface area contributed by atoms with Crippen LogP contribution in [0.25, 0.3) is 6.08 Å². The van der Waals surface area contributed by atoms with Crippen LogP contribution < -0.4 is 17.2 Å². The van der Waals surface area contributed by atoms with Gasteiger partial charge in [-0.15, -0.1) is 0 Å². The zero-order valence-electron chi connectivity index (χ0n) is 6.99. The Bertz CT molecular complexity index is 299. The van der Waals surface area contributed by atoms with E-state index in [0.717, 1.165) is 5.56 Å². The van der Waals surface area contributed by atoms with Gasteiger partial charge in [0.25, 0.3) is 0 Å². The van der Waals surface area contributed by atoms with Gasteiger partial charge in [0.2, 0.25) is 0 Å². The van der Waals surface area contributed by atoms with Gasteiger partial charge in [0.15, 0.2) is 0 Å². The van der Waals surface area contributed by atoms with Crippen molar-refractivity contribution in [2.24, 2.45) is 18.5 Å². The first-order valence-corrected chi connectivity index (χ1v) is 3.58. The van der Waals surface area contributed by atoms with Crippen LogP contribution in [-0.2, 0) is 7.05 Å². The fourth-order valence-corrected chi connectivity index (χ4v) is 0.834. The number of rotatable bonds is 2. The molecule has 0 aromatic carbocycles. The molecule has 1 heterocycles. The number of aryl methyl sites for hydroxylation is 1. The lowest BCUT2D eigenvalue weighted by atomic mass is 10.2. The van der Waals surface area contributed by atoms with Crippen LogP contribution in [0.15, 0.2) is 11.9 Å². The average molecular weight is 167 g/mol. The normalized spacial score (nSPS) is 12.0. The summed E-state index contributed by atoms with van der Waals surface area (Å²) in [5.74, 6) is 0.589. The Morgan fingerprint density at radius 2 is 2.42 bits per heavy atom. The van der Waals surface area contributed by atoms with Crippen LogP contribution in [0.5, 0.6) is 0 Å². The third kappa shape index (κ3) is 1.57. The SMILES string of the molecule is Cn1ncc(/C=C(\N)CN)c1N. The highest BCUT2D eigenvalue weighted by Gasteiger charge is 2.00. The minimum atomic E-state index is 0.328. The minimum absolute atomic E-state index is 0.328. The van der Waals surface area contributed by atoms with Gasteiger partial charge < -0.3 is 17.2 Å². The Morgan fingerprint density at radius 1 is 1.75 bits per heavy atom. The standard InChI is InChI=1S/C7H13N5/c1-12-7(10)5(4-11-12)2-6(9)3-8/h2,4H,3,8-10H2,1H3/b6-2-. The quantitative estimate of drug-likeness (QED) is 0.540. The molecule has 66 valence electrons. The summed E-state index contributed by atoms with van der Waals surface area (Å²) in [6, 6.07) is 0. The number of hydrogen-bond donors (Lipinski definition) is 3. The number of nitrogens with two attached hydrogens (primary N) is 3. The topological polar surface area (TPSA) is 95.9 Å². The molecule has 0 spiro atoms. The second-order valence-electron chi connectivity index (χ2n) is 2.53. The van der Waals surface area contributed by atoms with Gasteiger partial charge in [0, 0.05) is 24.9 Å². The zero-order chi connectivity index (χ0) is 9.14. The van der Waals surface area contributed by atoms with E-state index in [1.54, 1.807) is 24.0 Å². The molecule has 1 aromatic heterocycles. The minimum Gasteiger partial charge on any atom is -0.401 e. The molecular weight excluding hydrogens is 154 g/mol. The van der Waals surface area contributed by atoms with Crippen molar-refractivity contribution in [3.8, 4) is 0 Å². The Hall–Kier alpha value is -1.49. The van der Waals surface area contributed by atoms with Crippen LogP contribution in [-0.4, -0.2) is 16.3 Å². The summed E-state index contributed by atoms with van der Waals surface area (Å²) >= 11 is 0. The Morgan fingerprint density at radius 3 is 2.83 bits per heavy atom. The summed E-state index contributed by atoms with van der Waals surface area (Å²) < 4.78 is 1.58. The Labute approximate surface area is 70.8 Å². The van der Waals surface area contributed by atoms with Crippen LogP contribution >= 0.6 is 0 Å². The van der Waals surface area contributed by atoms with Crippen LogP contribution in [0.2, 0.25) is 0 Å². The summed E-state index contributed by atoms with van der Waals surface area (Å²) in [4.78, 5) is 0. The molecule has 5 heteroatoms. The number of nitrogens with zero attached hydrogens (tertiary/aromatic N) is 2. The van der Waals surface area contributed by atoms with Gasteiger partial charge in [-0.3, -0.25) is 4.68 Å². The van der Waals surface area contributed by atoms with Gasteiger partial charge in [-0.05, 0) is 6.08 Å². The van der Waals surface area contributed by atoms with Crippen molar-refractivity contribution in [3.05, 3.63) is 17.5 Å². The van der Waals surface area contributed by atoms with Crippen molar-refractivity contribution in [2.75, 3.05) is 12.3 Å². The maximum atomic E-state index is 5.67. The fourth-order valence-electron chi connectivity index (χ4n) is 0.834. The number of aromatic nitrogens is 2. The van der Waals surface area contributed by atoms with Crippen molar-refractivity contribution < 1.29 is 0 Å². The van der Waals surface area contributed by atoms with E-state index in [-0.39, 0.29) is 0 Å². The van der Waals surface area contributed by atoms with Crippen molar-refractivity contribution in [1.29, 1.82) is 0 Å². The smallest absolute Gasteiger partial charge is 0.128 e. The molecule has 0 radical (unpaired) electrons. The first-order chi connectivity index (χ1) is 5.65. The van der Waals surface area contributed by atoms with Crippen molar-refractivity contribution in [3.63, 3.8) is 0 Å². The van der Waals surface area contributed by atoms with Gasteiger partial charge in [-0.2, -0.15) is 5.10 Å². The van der Waals surface area contributed by atoms with Gasteiger partial charge in [0.05, 0.1) is 6.20 Å². The highest BCUT2D eigenvalue weighted by Crippen LogP contribution is 2.11. The molecule has 0 aliphatic rings. The molecule has 6 N–H and O–H groups in total.